The second kappa shape index (κ2) is 13.3. The van der Waals surface area contributed by atoms with E-state index in [0.717, 1.165) is 59.3 Å². The second-order valence-electron chi connectivity index (χ2n) is 13.2. The van der Waals surface area contributed by atoms with Crippen molar-refractivity contribution in [1.82, 2.24) is 34.2 Å². The number of pyridine rings is 1. The Labute approximate surface area is 275 Å². The van der Waals surface area contributed by atoms with E-state index in [1.54, 1.807) is 11.1 Å². The summed E-state index contributed by atoms with van der Waals surface area (Å²) < 4.78 is 7.60. The number of aromatic nitrogens is 6. The van der Waals surface area contributed by atoms with E-state index < -0.39 is 0 Å². The zero-order chi connectivity index (χ0) is 33.3. The molecule has 1 amide bonds. The molecule has 1 aliphatic heterocycles. The Hall–Kier alpha value is -4.49. The molecule has 3 aliphatic rings. The van der Waals surface area contributed by atoms with Crippen molar-refractivity contribution in [3.63, 3.8) is 0 Å². The van der Waals surface area contributed by atoms with Gasteiger partial charge in [-0.25, -0.2) is 24.9 Å². The fraction of sp³-hybridized carbons (Fsp3) is 0.500. The standard InChI is InChI=1S/C25H34N8O2.C9H10N2O/c1-16(27-23-9-22(26-3)28-17(2)29-23)20-11-32-10-19(18-6-7-18)8-21(24(32)30-20)33(15-34)12-25(31(4)5)13-35-14-25;1-6-2-3-10-9(11-6)8-4-7(8)5-12/h8-11,15-16,18H,6-7,12-14H2,1-5H3,(H2,26,27,28,29);2-3,5,7-8H,4H2,1H3/t16-;7?,8-/m10/s1. The minimum Gasteiger partial charge on any atom is -0.377 e. The number of likely N-dealkylation sites (N-methyl/N-ethyl adjacent to an activating group) is 1. The van der Waals surface area contributed by atoms with Crippen molar-refractivity contribution in [1.29, 1.82) is 0 Å². The smallest absolute Gasteiger partial charge is 0.214 e. The average Bonchev–Trinajstić information content (AvgIpc) is 3.97. The van der Waals surface area contributed by atoms with Gasteiger partial charge in [0.25, 0.3) is 0 Å². The molecule has 13 nitrogen and oxygen atoms in total. The van der Waals surface area contributed by atoms with E-state index in [1.807, 2.05) is 53.3 Å². The summed E-state index contributed by atoms with van der Waals surface area (Å²) in [4.78, 5) is 48.9. The van der Waals surface area contributed by atoms with Gasteiger partial charge in [-0.2, -0.15) is 0 Å². The molecule has 0 radical (unpaired) electrons. The fourth-order valence-electron chi connectivity index (χ4n) is 5.88. The van der Waals surface area contributed by atoms with Crippen LogP contribution in [-0.2, 0) is 14.3 Å². The highest BCUT2D eigenvalue weighted by Crippen LogP contribution is 2.44. The van der Waals surface area contributed by atoms with Crippen LogP contribution in [-0.4, -0.2) is 93.4 Å². The number of rotatable bonds is 12. The quantitative estimate of drug-likeness (QED) is 0.218. The number of amides is 1. The van der Waals surface area contributed by atoms with Gasteiger partial charge in [0, 0.05) is 55.8 Å². The van der Waals surface area contributed by atoms with Gasteiger partial charge >= 0.3 is 0 Å². The third-order valence-corrected chi connectivity index (χ3v) is 9.27. The number of ether oxygens (including phenoxy) is 1. The third kappa shape index (κ3) is 7.10. The number of carbonyl (C=O) groups excluding carboxylic acids is 2. The first kappa shape index (κ1) is 32.5. The number of nitrogens with one attached hydrogen (secondary N) is 2. The van der Waals surface area contributed by atoms with Gasteiger partial charge < -0.3 is 29.5 Å². The van der Waals surface area contributed by atoms with Crippen molar-refractivity contribution >= 4 is 35.7 Å². The summed E-state index contributed by atoms with van der Waals surface area (Å²) in [6.45, 7) is 7.63. The summed E-state index contributed by atoms with van der Waals surface area (Å²) in [6, 6.07) is 5.79. The van der Waals surface area contributed by atoms with Crippen LogP contribution in [0.2, 0.25) is 0 Å². The summed E-state index contributed by atoms with van der Waals surface area (Å²) in [7, 11) is 5.92. The van der Waals surface area contributed by atoms with E-state index in [9.17, 15) is 9.59 Å². The first-order chi connectivity index (χ1) is 22.6. The largest absolute Gasteiger partial charge is 0.377 e. The van der Waals surface area contributed by atoms with Crippen molar-refractivity contribution in [3.8, 4) is 0 Å². The fourth-order valence-corrected chi connectivity index (χ4v) is 5.88. The molecule has 2 N–H and O–H groups in total. The van der Waals surface area contributed by atoms with Crippen molar-refractivity contribution < 1.29 is 14.3 Å². The SMILES string of the molecule is CNc1cc(N[C@H](C)c2cn3cc(C4CC4)cc(N(C=O)CC4(N(C)C)COC4)c3n2)nc(C)n1.Cc1ccnc([C@H]2CC2C=O)n1. The molecular formula is C34H44N10O3. The van der Waals surface area contributed by atoms with Crippen LogP contribution in [0.1, 0.15) is 72.7 Å². The van der Waals surface area contributed by atoms with Crippen molar-refractivity contribution in [3.05, 3.63) is 65.4 Å². The Bertz CT molecular complexity index is 1750. The third-order valence-electron chi connectivity index (χ3n) is 9.27. The monoisotopic (exact) mass is 640 g/mol. The number of aryl methyl sites for hydroxylation is 2. The van der Waals surface area contributed by atoms with Gasteiger partial charge in [0.1, 0.15) is 29.6 Å². The van der Waals surface area contributed by atoms with Gasteiger partial charge in [0.15, 0.2) is 5.65 Å². The molecule has 4 aromatic heterocycles. The first-order valence-corrected chi connectivity index (χ1v) is 16.2. The molecule has 4 aromatic rings. The molecule has 13 heteroatoms. The van der Waals surface area contributed by atoms with Crippen LogP contribution in [0.5, 0.6) is 0 Å². The van der Waals surface area contributed by atoms with Crippen LogP contribution in [0.4, 0.5) is 17.3 Å². The summed E-state index contributed by atoms with van der Waals surface area (Å²) in [6.07, 6.45) is 11.2. The molecule has 3 fully saturated rings. The number of hydrogen-bond donors (Lipinski definition) is 2. The van der Waals surface area contributed by atoms with Gasteiger partial charge in [0.05, 0.1) is 36.2 Å². The average molecular weight is 641 g/mol. The predicted molar refractivity (Wildman–Crippen MR) is 180 cm³/mol. The van der Waals surface area contributed by atoms with Crippen LogP contribution >= 0.6 is 0 Å². The molecule has 248 valence electrons. The van der Waals surface area contributed by atoms with Gasteiger partial charge in [-0.15, -0.1) is 0 Å². The summed E-state index contributed by atoms with van der Waals surface area (Å²) in [5.74, 6) is 4.02. The van der Waals surface area contributed by atoms with Crippen LogP contribution in [0.25, 0.3) is 5.65 Å². The van der Waals surface area contributed by atoms with E-state index in [-0.39, 0.29) is 17.5 Å². The van der Waals surface area contributed by atoms with Gasteiger partial charge in [-0.05, 0) is 77.7 Å². The van der Waals surface area contributed by atoms with Crippen LogP contribution in [0.15, 0.2) is 36.8 Å². The molecule has 0 aromatic carbocycles. The van der Waals surface area contributed by atoms with Gasteiger partial charge in [-0.3, -0.25) is 9.69 Å². The number of imidazole rings is 1. The maximum absolute atomic E-state index is 12.4. The summed E-state index contributed by atoms with van der Waals surface area (Å²) in [5.41, 5.74) is 4.52. The lowest BCUT2D eigenvalue weighted by Crippen LogP contribution is -2.65. The lowest BCUT2D eigenvalue weighted by Gasteiger charge is -2.48. The second-order valence-corrected chi connectivity index (χ2v) is 13.2. The highest BCUT2D eigenvalue weighted by molar-refractivity contribution is 5.84. The summed E-state index contributed by atoms with van der Waals surface area (Å²) in [5, 5.41) is 6.51. The Balaban J connectivity index is 0.000000269. The number of nitrogens with zero attached hydrogens (tertiary/aromatic N) is 8. The lowest BCUT2D eigenvalue weighted by molar-refractivity contribution is -0.123. The minimum absolute atomic E-state index is 0.0936. The Morgan fingerprint density at radius 1 is 1.09 bits per heavy atom. The molecule has 5 heterocycles. The van der Waals surface area contributed by atoms with E-state index in [2.05, 4.69) is 59.1 Å². The molecular weight excluding hydrogens is 596 g/mol. The normalized spacial score (nSPS) is 20.1. The maximum atomic E-state index is 12.4. The van der Waals surface area contributed by atoms with Crippen molar-refractivity contribution in [2.24, 2.45) is 5.92 Å². The van der Waals surface area contributed by atoms with Crippen molar-refractivity contribution in [2.45, 2.75) is 63.5 Å². The number of anilines is 3. The summed E-state index contributed by atoms with van der Waals surface area (Å²) >= 11 is 0. The number of fused-ring (bicyclic) bond motifs is 1. The highest BCUT2D eigenvalue weighted by atomic mass is 16.5. The predicted octanol–water partition coefficient (Wildman–Crippen LogP) is 3.91. The van der Waals surface area contributed by atoms with E-state index in [0.29, 0.717) is 37.4 Å². The Morgan fingerprint density at radius 2 is 1.85 bits per heavy atom. The topological polar surface area (TPSA) is 143 Å². The van der Waals surface area contributed by atoms with E-state index in [4.69, 9.17) is 9.72 Å². The molecule has 47 heavy (non-hydrogen) atoms. The molecule has 1 saturated heterocycles. The molecule has 2 saturated carbocycles. The van der Waals surface area contributed by atoms with Gasteiger partial charge in [0.2, 0.25) is 6.41 Å². The van der Waals surface area contributed by atoms with E-state index in [1.165, 1.54) is 18.4 Å². The highest BCUT2D eigenvalue weighted by Gasteiger charge is 2.43. The molecule has 2 aliphatic carbocycles. The zero-order valence-corrected chi connectivity index (χ0v) is 28.0. The van der Waals surface area contributed by atoms with E-state index >= 15 is 0 Å². The number of carbonyl (C=O) groups is 2. The molecule has 0 spiro atoms. The van der Waals surface area contributed by atoms with Crippen LogP contribution in [0.3, 0.4) is 0 Å². The molecule has 3 atom stereocenters. The maximum Gasteiger partial charge on any atom is 0.214 e. The Morgan fingerprint density at radius 3 is 2.45 bits per heavy atom. The minimum atomic E-state index is -0.187. The zero-order valence-electron chi connectivity index (χ0n) is 28.0. The van der Waals surface area contributed by atoms with Crippen LogP contribution in [0, 0.1) is 19.8 Å². The number of hydrogen-bond acceptors (Lipinski definition) is 11. The molecule has 7 rings (SSSR count). The van der Waals surface area contributed by atoms with Gasteiger partial charge in [-0.1, -0.05) is 0 Å². The Kier molecular flexibility index (Phi) is 9.20. The first-order valence-electron chi connectivity index (χ1n) is 16.2. The van der Waals surface area contributed by atoms with Crippen LogP contribution < -0.4 is 15.5 Å². The molecule has 1 unspecified atom stereocenters. The van der Waals surface area contributed by atoms with Crippen molar-refractivity contribution in [2.75, 3.05) is 56.4 Å². The molecule has 0 bridgehead atoms. The number of aldehydes is 1. The lowest BCUT2D eigenvalue weighted by atomic mass is 9.95.